The third-order valence-electron chi connectivity index (χ3n) is 6.68. The number of fused-ring (bicyclic) bond motifs is 1. The summed E-state index contributed by atoms with van der Waals surface area (Å²) < 4.78 is 12.8. The lowest BCUT2D eigenvalue weighted by atomic mass is 10.0. The van der Waals surface area contributed by atoms with Crippen molar-refractivity contribution >= 4 is 35.5 Å². The van der Waals surface area contributed by atoms with E-state index < -0.39 is 11.7 Å². The van der Waals surface area contributed by atoms with Gasteiger partial charge in [-0.2, -0.15) is 5.10 Å². The predicted molar refractivity (Wildman–Crippen MR) is 156 cm³/mol. The topological polar surface area (TPSA) is 128 Å². The Hall–Kier alpha value is -4.51. The van der Waals surface area contributed by atoms with E-state index in [2.05, 4.69) is 15.4 Å². The number of nitrogens with zero attached hydrogens (tertiary/aromatic N) is 5. The summed E-state index contributed by atoms with van der Waals surface area (Å²) in [6, 6.07) is 12.6. The molecule has 1 aliphatic heterocycles. The number of nitrogens with one attached hydrogen (secondary N) is 1. The fourth-order valence-corrected chi connectivity index (χ4v) is 5.08. The van der Waals surface area contributed by atoms with E-state index in [9.17, 15) is 14.4 Å². The Bertz CT molecular complexity index is 1660. The minimum absolute atomic E-state index is 0.0299. The molecule has 0 unspecified atom stereocenters. The number of benzene rings is 1. The third kappa shape index (κ3) is 6.36. The van der Waals surface area contributed by atoms with Crippen LogP contribution in [0.15, 0.2) is 48.7 Å². The number of amides is 2. The summed E-state index contributed by atoms with van der Waals surface area (Å²) in [4.78, 5) is 46.5. The molecule has 4 aromatic rings. The van der Waals surface area contributed by atoms with E-state index in [4.69, 9.17) is 26.1 Å². The van der Waals surface area contributed by atoms with Crippen LogP contribution >= 0.6 is 11.6 Å². The van der Waals surface area contributed by atoms with E-state index >= 15 is 0 Å². The van der Waals surface area contributed by atoms with Gasteiger partial charge in [0.25, 0.3) is 0 Å². The van der Waals surface area contributed by atoms with Crippen LogP contribution < -0.4 is 10.1 Å². The van der Waals surface area contributed by atoms with Crippen LogP contribution in [0.5, 0.6) is 5.88 Å². The number of carbonyl (C=O) groups is 3. The van der Waals surface area contributed by atoms with Gasteiger partial charge in [-0.05, 0) is 51.5 Å². The van der Waals surface area contributed by atoms with Crippen molar-refractivity contribution in [2.24, 2.45) is 0 Å². The number of imidazole rings is 1. The highest BCUT2D eigenvalue weighted by Crippen LogP contribution is 2.36. The second-order valence-corrected chi connectivity index (χ2v) is 11.4. The third-order valence-corrected chi connectivity index (χ3v) is 7.09. The lowest BCUT2D eigenvalue weighted by molar-refractivity contribution is -0.119. The zero-order chi connectivity index (χ0) is 30.0. The molecule has 0 saturated carbocycles. The average molecular weight is 591 g/mol. The first-order valence-corrected chi connectivity index (χ1v) is 13.8. The Morgan fingerprint density at radius 1 is 1.14 bits per heavy atom. The molecule has 12 heteroatoms. The van der Waals surface area contributed by atoms with E-state index in [0.29, 0.717) is 70.3 Å². The normalized spacial score (nSPS) is 15.0. The van der Waals surface area contributed by atoms with E-state index in [0.717, 1.165) is 0 Å². The van der Waals surface area contributed by atoms with Gasteiger partial charge < -0.3 is 19.7 Å². The maximum atomic E-state index is 13.1. The zero-order valence-electron chi connectivity index (χ0n) is 23.8. The number of rotatable bonds is 8. The molecule has 0 bridgehead atoms. The average Bonchev–Trinajstić information content (AvgIpc) is 3.56. The summed E-state index contributed by atoms with van der Waals surface area (Å²) in [6.07, 6.45) is 2.80. The summed E-state index contributed by atoms with van der Waals surface area (Å²) >= 11 is 6.89. The van der Waals surface area contributed by atoms with Crippen LogP contribution in [-0.2, 0) is 16.1 Å². The van der Waals surface area contributed by atoms with Gasteiger partial charge in [-0.25, -0.2) is 19.3 Å². The maximum absolute atomic E-state index is 13.1. The minimum atomic E-state index is -0.684. The molecule has 1 aliphatic rings. The van der Waals surface area contributed by atoms with E-state index in [-0.39, 0.29) is 24.2 Å². The molecule has 1 fully saturated rings. The van der Waals surface area contributed by atoms with Crippen molar-refractivity contribution in [2.45, 2.75) is 51.8 Å². The Morgan fingerprint density at radius 2 is 1.88 bits per heavy atom. The molecule has 0 aliphatic carbocycles. The van der Waals surface area contributed by atoms with Gasteiger partial charge in [-0.3, -0.25) is 9.59 Å². The van der Waals surface area contributed by atoms with Crippen LogP contribution in [0.25, 0.3) is 28.2 Å². The number of aldehydes is 1. The molecule has 1 atom stereocenters. The van der Waals surface area contributed by atoms with Crippen LogP contribution in [0.1, 0.15) is 49.7 Å². The number of halogens is 1. The SMILES string of the molecule is COc1nc(-c2cccc(-c3ccc4nc(C=O)cn4n3)c2Cl)ccc1CN(C[C@@H]1CCC(=O)N1)C(=O)OC(C)(C)C. The quantitative estimate of drug-likeness (QED) is 0.286. The van der Waals surface area contributed by atoms with Crippen molar-refractivity contribution in [2.75, 3.05) is 13.7 Å². The smallest absolute Gasteiger partial charge is 0.410 e. The molecule has 4 heterocycles. The van der Waals surface area contributed by atoms with Crippen LogP contribution in [0.3, 0.4) is 0 Å². The van der Waals surface area contributed by atoms with Crippen LogP contribution in [0, 0.1) is 0 Å². The summed E-state index contributed by atoms with van der Waals surface area (Å²) in [5.41, 5.74) is 3.33. The Kier molecular flexibility index (Phi) is 8.13. The lowest BCUT2D eigenvalue weighted by Gasteiger charge is -2.29. The molecule has 5 rings (SSSR count). The van der Waals surface area contributed by atoms with Gasteiger partial charge >= 0.3 is 6.09 Å². The van der Waals surface area contributed by atoms with Crippen molar-refractivity contribution < 1.29 is 23.9 Å². The lowest BCUT2D eigenvalue weighted by Crippen LogP contribution is -2.43. The van der Waals surface area contributed by atoms with Gasteiger partial charge in [0.15, 0.2) is 11.9 Å². The van der Waals surface area contributed by atoms with Crippen molar-refractivity contribution in [3.63, 3.8) is 0 Å². The van der Waals surface area contributed by atoms with Crippen molar-refractivity contribution in [3.8, 4) is 28.4 Å². The fourth-order valence-electron chi connectivity index (χ4n) is 4.76. The van der Waals surface area contributed by atoms with Crippen LogP contribution in [0.4, 0.5) is 4.79 Å². The van der Waals surface area contributed by atoms with Crippen molar-refractivity contribution in [1.29, 1.82) is 0 Å². The second-order valence-electron chi connectivity index (χ2n) is 11.0. The predicted octanol–water partition coefficient (Wildman–Crippen LogP) is 4.95. The maximum Gasteiger partial charge on any atom is 0.410 e. The number of pyridine rings is 1. The molecular formula is C30H31ClN6O5. The number of aromatic nitrogens is 4. The molecule has 218 valence electrons. The summed E-state index contributed by atoms with van der Waals surface area (Å²) in [5, 5.41) is 7.92. The molecule has 1 N–H and O–H groups in total. The molecule has 1 aromatic carbocycles. The molecule has 0 radical (unpaired) electrons. The monoisotopic (exact) mass is 590 g/mol. The molecule has 2 amide bonds. The summed E-state index contributed by atoms with van der Waals surface area (Å²) in [6.45, 7) is 5.88. The number of ether oxygens (including phenoxy) is 2. The first-order valence-electron chi connectivity index (χ1n) is 13.5. The van der Waals surface area contributed by atoms with Crippen LogP contribution in [-0.4, -0.2) is 68.1 Å². The number of carbonyl (C=O) groups excluding carboxylic acids is 3. The Balaban J connectivity index is 1.44. The standard InChI is InChI=1S/C30H31ClN6O5/c1-30(2,3)42-29(40)36(15-19-9-13-26(39)33-19)14-18-8-10-23(34-28(18)41-4)21-6-5-7-22(27(21)31)24-11-12-25-32-20(17-38)16-37(25)35-24/h5-8,10-12,16-17,19H,9,13-15H2,1-4H3,(H,33,39)/t19-/m0/s1. The summed E-state index contributed by atoms with van der Waals surface area (Å²) in [5.74, 6) is 0.301. The largest absolute Gasteiger partial charge is 0.481 e. The molecular weight excluding hydrogens is 560 g/mol. The number of hydrogen-bond donors (Lipinski definition) is 1. The molecule has 0 spiro atoms. The van der Waals surface area contributed by atoms with Crippen molar-refractivity contribution in [1.82, 2.24) is 29.8 Å². The highest BCUT2D eigenvalue weighted by Gasteiger charge is 2.29. The Morgan fingerprint density at radius 3 is 2.55 bits per heavy atom. The van der Waals surface area contributed by atoms with Gasteiger partial charge in [0.2, 0.25) is 11.8 Å². The molecule has 42 heavy (non-hydrogen) atoms. The highest BCUT2D eigenvalue weighted by atomic mass is 35.5. The first-order chi connectivity index (χ1) is 20.0. The number of methoxy groups -OCH3 is 1. The first kappa shape index (κ1) is 29.0. The Labute approximate surface area is 247 Å². The fraction of sp³-hybridized carbons (Fsp3) is 0.333. The van der Waals surface area contributed by atoms with Gasteiger partial charge in [0, 0.05) is 35.7 Å². The van der Waals surface area contributed by atoms with E-state index in [1.54, 1.807) is 44.0 Å². The van der Waals surface area contributed by atoms with Gasteiger partial charge in [-0.1, -0.05) is 29.8 Å². The van der Waals surface area contributed by atoms with Crippen molar-refractivity contribution in [3.05, 3.63) is 64.9 Å². The molecule has 1 saturated heterocycles. The zero-order valence-corrected chi connectivity index (χ0v) is 24.5. The highest BCUT2D eigenvalue weighted by molar-refractivity contribution is 6.36. The minimum Gasteiger partial charge on any atom is -0.481 e. The summed E-state index contributed by atoms with van der Waals surface area (Å²) in [7, 11) is 1.51. The molecule has 3 aromatic heterocycles. The van der Waals surface area contributed by atoms with Crippen LogP contribution in [0.2, 0.25) is 5.02 Å². The van der Waals surface area contributed by atoms with Gasteiger partial charge in [-0.15, -0.1) is 0 Å². The van der Waals surface area contributed by atoms with Gasteiger partial charge in [0.1, 0.15) is 11.3 Å². The molecule has 11 nitrogen and oxygen atoms in total. The van der Waals surface area contributed by atoms with Gasteiger partial charge in [0.05, 0.1) is 36.3 Å². The van der Waals surface area contributed by atoms with E-state index in [1.165, 1.54) is 11.6 Å². The van der Waals surface area contributed by atoms with E-state index in [1.807, 2.05) is 30.3 Å². The second kappa shape index (κ2) is 11.8. The number of hydrogen-bond acceptors (Lipinski definition) is 8.